The maximum atomic E-state index is 12.5. The molecule has 184 valence electrons. The number of aromatic nitrogens is 1. The van der Waals surface area contributed by atoms with Gasteiger partial charge in [0.25, 0.3) is 0 Å². The largest absolute Gasteiger partial charge is 0.490 e. The van der Waals surface area contributed by atoms with Gasteiger partial charge in [0.2, 0.25) is 0 Å². The van der Waals surface area contributed by atoms with Gasteiger partial charge in [0.05, 0.1) is 23.3 Å². The molecule has 2 aliphatic carbocycles. The molecule has 3 atom stereocenters. The Bertz CT molecular complexity index is 1030. The summed E-state index contributed by atoms with van der Waals surface area (Å²) >= 11 is 0. The van der Waals surface area contributed by atoms with Crippen molar-refractivity contribution in [3.63, 3.8) is 0 Å². The summed E-state index contributed by atoms with van der Waals surface area (Å²) in [7, 11) is 4.47. The molecule has 2 aromatic rings. The van der Waals surface area contributed by atoms with E-state index < -0.39 is 5.97 Å². The van der Waals surface area contributed by atoms with Crippen molar-refractivity contribution < 1.29 is 28.7 Å². The lowest BCUT2D eigenvalue weighted by Crippen LogP contribution is -2.35. The van der Waals surface area contributed by atoms with Crippen molar-refractivity contribution >= 4 is 26.6 Å². The van der Waals surface area contributed by atoms with Crippen molar-refractivity contribution in [2.45, 2.75) is 77.0 Å². The number of aryl methyl sites for hydroxylation is 1. The molecule has 1 amide bonds. The second kappa shape index (κ2) is 10.8. The minimum Gasteiger partial charge on any atom is -0.490 e. The number of carbonyl (C=O) groups is 2. The third kappa shape index (κ3) is 5.54. The van der Waals surface area contributed by atoms with Crippen molar-refractivity contribution in [1.82, 2.24) is 10.1 Å². The molecule has 9 heteroatoms. The van der Waals surface area contributed by atoms with Gasteiger partial charge in [0.1, 0.15) is 12.4 Å². The van der Waals surface area contributed by atoms with Crippen LogP contribution in [0.5, 0.6) is 5.75 Å². The Morgan fingerprint density at radius 3 is 2.68 bits per heavy atom. The quantitative estimate of drug-likeness (QED) is 0.565. The Morgan fingerprint density at radius 2 is 1.97 bits per heavy atom. The van der Waals surface area contributed by atoms with Crippen LogP contribution in [0.1, 0.15) is 62.6 Å². The maximum Gasteiger partial charge on any atom is 0.410 e. The predicted octanol–water partition coefficient (Wildman–Crippen LogP) is 4.68. The Kier molecular flexibility index (Phi) is 7.77. The molecule has 34 heavy (non-hydrogen) atoms. The second-order valence-electron chi connectivity index (χ2n) is 9.37. The zero-order valence-electron chi connectivity index (χ0n) is 19.8. The zero-order valence-corrected chi connectivity index (χ0v) is 20.9. The van der Waals surface area contributed by atoms with Gasteiger partial charge in [-0.1, -0.05) is 18.0 Å². The number of rotatable bonds is 7. The van der Waals surface area contributed by atoms with Crippen molar-refractivity contribution in [2.24, 2.45) is 5.92 Å². The highest BCUT2D eigenvalue weighted by Crippen LogP contribution is 2.32. The summed E-state index contributed by atoms with van der Waals surface area (Å²) in [4.78, 5) is 25.6. The molecule has 1 aromatic heterocycles. The molecule has 0 spiro atoms. The Labute approximate surface area is 202 Å². The summed E-state index contributed by atoms with van der Waals surface area (Å²) in [5, 5.41) is 14.3. The van der Waals surface area contributed by atoms with E-state index in [0.29, 0.717) is 30.0 Å². The lowest BCUT2D eigenvalue weighted by atomic mass is 9.87. The normalized spacial score (nSPS) is 20.8. The van der Waals surface area contributed by atoms with Crippen LogP contribution in [-0.2, 0) is 16.1 Å². The predicted molar refractivity (Wildman–Crippen MR) is 130 cm³/mol. The summed E-state index contributed by atoms with van der Waals surface area (Å²) in [5.74, 6) is 0.166. The van der Waals surface area contributed by atoms with E-state index in [0.717, 1.165) is 55.0 Å². The monoisotopic (exact) mass is 488 g/mol. The number of hydrogen-bond donors (Lipinski definition) is 1. The lowest BCUT2D eigenvalue weighted by molar-refractivity contribution is -0.143. The van der Waals surface area contributed by atoms with Gasteiger partial charge < -0.3 is 24.0 Å². The Balaban J connectivity index is 1.43. The van der Waals surface area contributed by atoms with E-state index in [-0.39, 0.29) is 30.8 Å². The van der Waals surface area contributed by atoms with Gasteiger partial charge in [-0.15, -0.1) is 9.24 Å². The van der Waals surface area contributed by atoms with Crippen molar-refractivity contribution in [3.05, 3.63) is 29.5 Å². The molecular formula is C25H33N2O6P. The number of aliphatic carboxylic acids is 1. The fourth-order valence-corrected chi connectivity index (χ4v) is 5.26. The highest BCUT2D eigenvalue weighted by Gasteiger charge is 2.29. The van der Waals surface area contributed by atoms with Gasteiger partial charge >= 0.3 is 12.1 Å². The van der Waals surface area contributed by atoms with Gasteiger partial charge in [-0.3, -0.25) is 4.79 Å². The van der Waals surface area contributed by atoms with Gasteiger partial charge in [-0.2, -0.15) is 0 Å². The number of hydrogen-bond acceptors (Lipinski definition) is 6. The number of amides is 1. The molecule has 4 rings (SSSR count). The molecule has 0 aliphatic heterocycles. The second-order valence-corrected chi connectivity index (χ2v) is 10.00. The van der Waals surface area contributed by atoms with Crippen LogP contribution in [0.25, 0.3) is 11.3 Å². The van der Waals surface area contributed by atoms with Crippen LogP contribution < -0.4 is 10.0 Å². The van der Waals surface area contributed by atoms with Crippen LogP contribution in [0.15, 0.2) is 22.7 Å². The molecule has 2 unspecified atom stereocenters. The molecule has 1 aromatic carbocycles. The fourth-order valence-electron chi connectivity index (χ4n) is 4.91. The first-order valence-electron chi connectivity index (χ1n) is 12.0. The highest BCUT2D eigenvalue weighted by molar-refractivity contribution is 7.27. The SMILES string of the molecule is Cc1noc(-c2ccc(O[C@H]3CCCC(C(=O)O)C3)c(P)c2)c1COC(=O)N(C)C1CCCC1. The van der Waals surface area contributed by atoms with Gasteiger partial charge in [-0.05, 0) is 63.6 Å². The summed E-state index contributed by atoms with van der Waals surface area (Å²) in [6, 6.07) is 5.92. The topological polar surface area (TPSA) is 102 Å². The van der Waals surface area contributed by atoms with Crippen molar-refractivity contribution in [3.8, 4) is 17.1 Å². The number of carboxylic acid groups (broad SMARTS) is 1. The molecule has 0 radical (unpaired) electrons. The molecule has 2 fully saturated rings. The van der Waals surface area contributed by atoms with E-state index in [4.69, 9.17) is 14.0 Å². The van der Waals surface area contributed by atoms with Crippen LogP contribution in [0.2, 0.25) is 0 Å². The number of benzene rings is 1. The summed E-state index contributed by atoms with van der Waals surface area (Å²) in [5.41, 5.74) is 2.22. The molecule has 0 bridgehead atoms. The third-order valence-corrected chi connectivity index (χ3v) is 7.48. The molecule has 1 heterocycles. The van der Waals surface area contributed by atoms with E-state index in [1.54, 1.807) is 11.9 Å². The van der Waals surface area contributed by atoms with Gasteiger partial charge in [0.15, 0.2) is 5.76 Å². The number of nitrogens with zero attached hydrogens (tertiary/aromatic N) is 2. The first kappa shape index (κ1) is 24.5. The first-order valence-corrected chi connectivity index (χ1v) is 12.5. The molecule has 0 saturated heterocycles. The summed E-state index contributed by atoms with van der Waals surface area (Å²) < 4.78 is 17.3. The van der Waals surface area contributed by atoms with E-state index in [2.05, 4.69) is 14.4 Å². The standard InChI is InChI=1S/C25H33N2O6P/c1-15-20(14-31-25(30)27(2)18-7-3-4-8-18)23(33-26-15)16-10-11-21(22(34)13-16)32-19-9-5-6-17(12-19)24(28)29/h10-11,13,17-19H,3-9,12,14,34H2,1-2H3,(H,28,29)/t17?,19-/m0/s1. The van der Waals surface area contributed by atoms with Gasteiger partial charge in [-0.25, -0.2) is 4.79 Å². The number of carbonyl (C=O) groups excluding carboxylic acids is 1. The van der Waals surface area contributed by atoms with Crippen molar-refractivity contribution in [1.29, 1.82) is 0 Å². The van der Waals surface area contributed by atoms with E-state index >= 15 is 0 Å². The minimum absolute atomic E-state index is 0.0870. The summed E-state index contributed by atoms with van der Waals surface area (Å²) in [6.07, 6.45) is 6.82. The Hall–Kier alpha value is -2.60. The number of carboxylic acids is 1. The maximum absolute atomic E-state index is 12.5. The first-order chi connectivity index (χ1) is 16.3. The van der Waals surface area contributed by atoms with Crippen LogP contribution in [0, 0.1) is 12.8 Å². The van der Waals surface area contributed by atoms with Crippen LogP contribution in [0.4, 0.5) is 4.79 Å². The van der Waals surface area contributed by atoms with Crippen LogP contribution in [0.3, 0.4) is 0 Å². The average molecular weight is 489 g/mol. The highest BCUT2D eigenvalue weighted by atomic mass is 31.0. The van der Waals surface area contributed by atoms with E-state index in [1.165, 1.54) is 0 Å². The van der Waals surface area contributed by atoms with Crippen molar-refractivity contribution in [2.75, 3.05) is 7.05 Å². The molecule has 1 N–H and O–H groups in total. The summed E-state index contributed by atoms with van der Waals surface area (Å²) in [6.45, 7) is 1.92. The molecule has 8 nitrogen and oxygen atoms in total. The Morgan fingerprint density at radius 1 is 1.21 bits per heavy atom. The van der Waals surface area contributed by atoms with E-state index in [9.17, 15) is 14.7 Å². The third-order valence-electron chi connectivity index (χ3n) is 7.03. The van der Waals surface area contributed by atoms with Crippen LogP contribution >= 0.6 is 9.24 Å². The van der Waals surface area contributed by atoms with Crippen LogP contribution in [-0.4, -0.2) is 46.4 Å². The molecule has 2 aliphatic rings. The van der Waals surface area contributed by atoms with Gasteiger partial charge in [0, 0.05) is 24.0 Å². The zero-order chi connectivity index (χ0) is 24.2. The molecule has 2 saturated carbocycles. The smallest absolute Gasteiger partial charge is 0.410 e. The minimum atomic E-state index is -0.752. The molecular weight excluding hydrogens is 455 g/mol. The fraction of sp³-hybridized carbons (Fsp3) is 0.560. The van der Waals surface area contributed by atoms with E-state index in [1.807, 2.05) is 25.1 Å². The number of ether oxygens (including phenoxy) is 2. The lowest BCUT2D eigenvalue weighted by Gasteiger charge is -2.27. The average Bonchev–Trinajstić information content (AvgIpc) is 3.48.